The average Bonchev–Trinajstić information content (AvgIpc) is 2.20. The standard InChI is InChI=1S/C6H14O3.C4H6O/c1-2-6(8)5-9-4-3-7;1-3-5-4-2/h6-8H,2-5H2,1H3;3-4H,1-2H2. The summed E-state index contributed by atoms with van der Waals surface area (Å²) in [6.45, 7) is 9.07. The van der Waals surface area contributed by atoms with Gasteiger partial charge in [0.05, 0.1) is 38.4 Å². The first kappa shape index (κ1) is 15.6. The van der Waals surface area contributed by atoms with E-state index in [0.29, 0.717) is 19.6 Å². The van der Waals surface area contributed by atoms with Crippen LogP contribution in [0.2, 0.25) is 0 Å². The van der Waals surface area contributed by atoms with Crippen LogP contribution < -0.4 is 0 Å². The predicted molar refractivity (Wildman–Crippen MR) is 55.7 cm³/mol. The highest BCUT2D eigenvalue weighted by Crippen LogP contribution is 1.89. The molecule has 0 aliphatic heterocycles. The molecule has 0 aromatic carbocycles. The van der Waals surface area contributed by atoms with E-state index >= 15 is 0 Å². The van der Waals surface area contributed by atoms with Crippen LogP contribution in [0.1, 0.15) is 13.3 Å². The number of aliphatic hydroxyl groups is 2. The van der Waals surface area contributed by atoms with Crippen molar-refractivity contribution in [3.63, 3.8) is 0 Å². The minimum atomic E-state index is -0.378. The van der Waals surface area contributed by atoms with Crippen molar-refractivity contribution in [1.29, 1.82) is 0 Å². The van der Waals surface area contributed by atoms with Gasteiger partial charge in [0.1, 0.15) is 0 Å². The summed E-state index contributed by atoms with van der Waals surface area (Å²) in [6, 6.07) is 0. The Morgan fingerprint density at radius 3 is 2.21 bits per heavy atom. The molecule has 0 radical (unpaired) electrons. The summed E-state index contributed by atoms with van der Waals surface area (Å²) in [7, 11) is 0. The first-order valence-electron chi connectivity index (χ1n) is 4.46. The van der Waals surface area contributed by atoms with Crippen molar-refractivity contribution in [3.05, 3.63) is 25.7 Å². The highest BCUT2D eigenvalue weighted by Gasteiger charge is 1.97. The fourth-order valence-electron chi connectivity index (χ4n) is 0.470. The van der Waals surface area contributed by atoms with Crippen LogP contribution in [0.3, 0.4) is 0 Å². The maximum Gasteiger partial charge on any atom is 0.0829 e. The van der Waals surface area contributed by atoms with E-state index in [4.69, 9.17) is 14.9 Å². The molecule has 0 bridgehead atoms. The molecule has 84 valence electrons. The van der Waals surface area contributed by atoms with Crippen LogP contribution in [0, 0.1) is 0 Å². The highest BCUT2D eigenvalue weighted by atomic mass is 16.5. The van der Waals surface area contributed by atoms with Crippen molar-refractivity contribution in [2.45, 2.75) is 19.4 Å². The fourth-order valence-corrected chi connectivity index (χ4v) is 0.470. The van der Waals surface area contributed by atoms with Gasteiger partial charge in [-0.2, -0.15) is 0 Å². The Labute approximate surface area is 85.5 Å². The molecule has 0 heterocycles. The SMILES string of the molecule is C=COC=C.CCC(O)COCCO. The molecule has 0 aliphatic carbocycles. The van der Waals surface area contributed by atoms with Gasteiger partial charge in [0.25, 0.3) is 0 Å². The maximum absolute atomic E-state index is 8.88. The second-order valence-corrected chi connectivity index (χ2v) is 2.33. The monoisotopic (exact) mass is 204 g/mol. The fraction of sp³-hybridized carbons (Fsp3) is 0.600. The Morgan fingerprint density at radius 1 is 1.36 bits per heavy atom. The van der Waals surface area contributed by atoms with E-state index in [-0.39, 0.29) is 12.7 Å². The molecule has 14 heavy (non-hydrogen) atoms. The molecular weight excluding hydrogens is 184 g/mol. The molecule has 0 fully saturated rings. The van der Waals surface area contributed by atoms with Crippen LogP contribution in [0.5, 0.6) is 0 Å². The van der Waals surface area contributed by atoms with Gasteiger partial charge in [0, 0.05) is 0 Å². The van der Waals surface area contributed by atoms with Gasteiger partial charge in [-0.05, 0) is 6.42 Å². The smallest absolute Gasteiger partial charge is 0.0829 e. The van der Waals surface area contributed by atoms with Crippen LogP contribution in [0.4, 0.5) is 0 Å². The summed E-state index contributed by atoms with van der Waals surface area (Å²) in [5.41, 5.74) is 0. The number of rotatable bonds is 7. The molecule has 4 nitrogen and oxygen atoms in total. The molecule has 0 rings (SSSR count). The Balaban J connectivity index is 0. The quantitative estimate of drug-likeness (QED) is 0.481. The zero-order chi connectivity index (χ0) is 11.2. The van der Waals surface area contributed by atoms with E-state index in [0.717, 1.165) is 0 Å². The third-order valence-electron chi connectivity index (χ3n) is 1.21. The summed E-state index contributed by atoms with van der Waals surface area (Å²) >= 11 is 0. The predicted octanol–water partition coefficient (Wildman–Crippen LogP) is 1.06. The van der Waals surface area contributed by atoms with Crippen LogP contribution in [-0.4, -0.2) is 36.1 Å². The first-order valence-corrected chi connectivity index (χ1v) is 4.46. The Bertz CT molecular complexity index is 119. The minimum Gasteiger partial charge on any atom is -0.474 e. The lowest BCUT2D eigenvalue weighted by Crippen LogP contribution is -2.15. The number of hydrogen-bond donors (Lipinski definition) is 2. The lowest BCUT2D eigenvalue weighted by atomic mass is 10.3. The van der Waals surface area contributed by atoms with E-state index in [2.05, 4.69) is 17.9 Å². The molecule has 1 unspecified atom stereocenters. The van der Waals surface area contributed by atoms with E-state index in [1.165, 1.54) is 12.5 Å². The summed E-state index contributed by atoms with van der Waals surface area (Å²) in [6.07, 6.45) is 2.95. The minimum absolute atomic E-state index is 0.0242. The van der Waals surface area contributed by atoms with Gasteiger partial charge in [-0.25, -0.2) is 0 Å². The molecule has 0 spiro atoms. The normalized spacial score (nSPS) is 10.8. The van der Waals surface area contributed by atoms with Crippen LogP contribution in [0.15, 0.2) is 25.7 Å². The summed E-state index contributed by atoms with van der Waals surface area (Å²) in [4.78, 5) is 0. The molecule has 0 aromatic heterocycles. The zero-order valence-electron chi connectivity index (χ0n) is 8.69. The number of hydrogen-bond acceptors (Lipinski definition) is 4. The van der Waals surface area contributed by atoms with Crippen molar-refractivity contribution in [1.82, 2.24) is 0 Å². The largest absolute Gasteiger partial charge is 0.474 e. The summed E-state index contributed by atoms with van der Waals surface area (Å²) in [5, 5.41) is 17.1. The summed E-state index contributed by atoms with van der Waals surface area (Å²) in [5.74, 6) is 0. The van der Waals surface area contributed by atoms with Crippen molar-refractivity contribution in [2.75, 3.05) is 19.8 Å². The molecule has 2 N–H and O–H groups in total. The second kappa shape index (κ2) is 14.7. The average molecular weight is 204 g/mol. The Morgan fingerprint density at radius 2 is 1.93 bits per heavy atom. The Hall–Kier alpha value is -0.840. The molecule has 0 aromatic rings. The van der Waals surface area contributed by atoms with Crippen molar-refractivity contribution < 1.29 is 19.7 Å². The summed E-state index contributed by atoms with van der Waals surface area (Å²) < 4.78 is 9.20. The molecule has 0 saturated carbocycles. The zero-order valence-corrected chi connectivity index (χ0v) is 8.69. The van der Waals surface area contributed by atoms with Crippen LogP contribution in [-0.2, 0) is 9.47 Å². The molecule has 0 saturated heterocycles. The van der Waals surface area contributed by atoms with E-state index in [9.17, 15) is 0 Å². The van der Waals surface area contributed by atoms with Crippen molar-refractivity contribution >= 4 is 0 Å². The van der Waals surface area contributed by atoms with E-state index in [1.54, 1.807) is 0 Å². The lowest BCUT2D eigenvalue weighted by molar-refractivity contribution is 0.0201. The molecular formula is C10H20O4. The molecule has 4 heteroatoms. The van der Waals surface area contributed by atoms with Gasteiger partial charge in [0.15, 0.2) is 0 Å². The van der Waals surface area contributed by atoms with Crippen LogP contribution >= 0.6 is 0 Å². The third kappa shape index (κ3) is 17.3. The lowest BCUT2D eigenvalue weighted by Gasteiger charge is -2.06. The Kier molecular flexibility index (Phi) is 16.4. The van der Waals surface area contributed by atoms with Gasteiger partial charge in [0.2, 0.25) is 0 Å². The number of ether oxygens (including phenoxy) is 2. The third-order valence-corrected chi connectivity index (χ3v) is 1.21. The highest BCUT2D eigenvalue weighted by molar-refractivity contribution is 4.57. The van der Waals surface area contributed by atoms with E-state index in [1.807, 2.05) is 6.92 Å². The number of aliphatic hydroxyl groups excluding tert-OH is 2. The van der Waals surface area contributed by atoms with Crippen LogP contribution in [0.25, 0.3) is 0 Å². The first-order chi connectivity index (χ1) is 6.72. The maximum atomic E-state index is 8.88. The van der Waals surface area contributed by atoms with Gasteiger partial charge in [-0.15, -0.1) is 0 Å². The van der Waals surface area contributed by atoms with Gasteiger partial charge < -0.3 is 19.7 Å². The second-order valence-electron chi connectivity index (χ2n) is 2.33. The van der Waals surface area contributed by atoms with Crippen molar-refractivity contribution in [3.8, 4) is 0 Å². The van der Waals surface area contributed by atoms with Gasteiger partial charge in [-0.3, -0.25) is 0 Å². The topological polar surface area (TPSA) is 58.9 Å². The van der Waals surface area contributed by atoms with Gasteiger partial charge >= 0.3 is 0 Å². The molecule has 1 atom stereocenters. The van der Waals surface area contributed by atoms with Crippen molar-refractivity contribution in [2.24, 2.45) is 0 Å². The van der Waals surface area contributed by atoms with E-state index < -0.39 is 0 Å². The molecule has 0 amide bonds. The van der Waals surface area contributed by atoms with Gasteiger partial charge in [-0.1, -0.05) is 20.1 Å². The molecule has 0 aliphatic rings.